The van der Waals surface area contributed by atoms with Gasteiger partial charge in [0.2, 0.25) is 10.0 Å². The quantitative estimate of drug-likeness (QED) is 0.608. The topological polar surface area (TPSA) is 110 Å². The van der Waals surface area contributed by atoms with E-state index in [1.807, 2.05) is 0 Å². The van der Waals surface area contributed by atoms with Crippen LogP contribution in [-0.4, -0.2) is 36.6 Å². The summed E-state index contributed by atoms with van der Waals surface area (Å²) in [6, 6.07) is 10.1. The van der Waals surface area contributed by atoms with Gasteiger partial charge in [0, 0.05) is 36.5 Å². The van der Waals surface area contributed by atoms with Crippen molar-refractivity contribution < 1.29 is 18.1 Å². The average Bonchev–Trinajstić information content (AvgIpc) is 2.69. The highest BCUT2D eigenvalue weighted by Crippen LogP contribution is 2.25. The van der Waals surface area contributed by atoms with Crippen molar-refractivity contribution in [3.8, 4) is 0 Å². The molecular formula is C19H21N3O5S. The fraction of sp³-hybridized carbons (Fsp3) is 0.316. The van der Waals surface area contributed by atoms with Crippen LogP contribution >= 0.6 is 0 Å². The standard InChI is InChI=1S/C19H21N3O5S/c1-14-8-9-15(12-18(14)28(26,27)21-10-3-2-4-11-21)19(23)20-16-6-5-7-17(13-16)22(24)25/h5-9,12-13H,2-4,10-11H2,1H3,(H,20,23). The molecule has 1 saturated heterocycles. The Balaban J connectivity index is 1.87. The van der Waals surface area contributed by atoms with Gasteiger partial charge in [-0.3, -0.25) is 14.9 Å². The number of sulfonamides is 1. The highest BCUT2D eigenvalue weighted by molar-refractivity contribution is 7.89. The van der Waals surface area contributed by atoms with Crippen molar-refractivity contribution in [2.75, 3.05) is 18.4 Å². The summed E-state index contributed by atoms with van der Waals surface area (Å²) in [4.78, 5) is 23.0. The second kappa shape index (κ2) is 8.07. The van der Waals surface area contributed by atoms with Crippen LogP contribution in [-0.2, 0) is 10.0 Å². The summed E-state index contributed by atoms with van der Waals surface area (Å²) in [6.07, 6.45) is 2.66. The first-order chi connectivity index (χ1) is 13.3. The third kappa shape index (κ3) is 4.20. The zero-order valence-corrected chi connectivity index (χ0v) is 16.2. The molecule has 148 valence electrons. The molecule has 0 radical (unpaired) electrons. The predicted molar refractivity (Wildman–Crippen MR) is 105 cm³/mol. The molecule has 0 aromatic heterocycles. The van der Waals surface area contributed by atoms with Crippen molar-refractivity contribution in [2.24, 2.45) is 0 Å². The van der Waals surface area contributed by atoms with Crippen LogP contribution in [0.5, 0.6) is 0 Å². The van der Waals surface area contributed by atoms with Crippen LogP contribution in [0.2, 0.25) is 0 Å². The number of carbonyl (C=O) groups is 1. The van der Waals surface area contributed by atoms with Crippen LogP contribution in [0.4, 0.5) is 11.4 Å². The highest BCUT2D eigenvalue weighted by Gasteiger charge is 2.28. The molecule has 0 saturated carbocycles. The molecule has 2 aromatic carbocycles. The van der Waals surface area contributed by atoms with Gasteiger partial charge in [-0.15, -0.1) is 0 Å². The number of rotatable bonds is 5. The number of nitro benzene ring substituents is 1. The van der Waals surface area contributed by atoms with E-state index in [0.29, 0.717) is 18.7 Å². The molecule has 1 fully saturated rings. The van der Waals surface area contributed by atoms with Crippen molar-refractivity contribution in [3.63, 3.8) is 0 Å². The number of benzene rings is 2. The van der Waals surface area contributed by atoms with E-state index in [2.05, 4.69) is 5.32 Å². The molecule has 8 nitrogen and oxygen atoms in total. The average molecular weight is 403 g/mol. The van der Waals surface area contributed by atoms with Crippen molar-refractivity contribution >= 4 is 27.3 Å². The van der Waals surface area contributed by atoms with E-state index in [9.17, 15) is 23.3 Å². The number of carbonyl (C=O) groups excluding carboxylic acids is 1. The van der Waals surface area contributed by atoms with Gasteiger partial charge in [-0.1, -0.05) is 18.6 Å². The maximum atomic E-state index is 13.0. The number of amides is 1. The number of hydrogen-bond acceptors (Lipinski definition) is 5. The Labute approximate surface area is 163 Å². The van der Waals surface area contributed by atoms with Crippen LogP contribution in [0.1, 0.15) is 35.2 Å². The maximum absolute atomic E-state index is 13.0. The number of anilines is 1. The van der Waals surface area contributed by atoms with E-state index >= 15 is 0 Å². The summed E-state index contributed by atoms with van der Waals surface area (Å²) < 4.78 is 27.4. The number of hydrogen-bond donors (Lipinski definition) is 1. The summed E-state index contributed by atoms with van der Waals surface area (Å²) >= 11 is 0. The Kier molecular flexibility index (Phi) is 5.76. The molecule has 1 amide bonds. The Bertz CT molecular complexity index is 1010. The van der Waals surface area contributed by atoms with Crippen LogP contribution in [0, 0.1) is 17.0 Å². The highest BCUT2D eigenvalue weighted by atomic mass is 32.2. The molecule has 0 atom stereocenters. The number of nitrogens with one attached hydrogen (secondary N) is 1. The van der Waals surface area contributed by atoms with Gasteiger partial charge in [0.25, 0.3) is 11.6 Å². The first-order valence-electron chi connectivity index (χ1n) is 8.95. The van der Waals surface area contributed by atoms with Gasteiger partial charge in [-0.2, -0.15) is 4.31 Å². The SMILES string of the molecule is Cc1ccc(C(=O)Nc2cccc([N+](=O)[O-])c2)cc1S(=O)(=O)N1CCCCC1. The zero-order chi connectivity index (χ0) is 20.3. The van der Waals surface area contributed by atoms with E-state index in [0.717, 1.165) is 19.3 Å². The smallest absolute Gasteiger partial charge is 0.271 e. The molecule has 0 bridgehead atoms. The molecule has 9 heteroatoms. The zero-order valence-electron chi connectivity index (χ0n) is 15.4. The van der Waals surface area contributed by atoms with Crippen molar-refractivity contribution in [1.82, 2.24) is 4.31 Å². The van der Waals surface area contributed by atoms with Crippen molar-refractivity contribution in [2.45, 2.75) is 31.1 Å². The van der Waals surface area contributed by atoms with Crippen LogP contribution in [0.15, 0.2) is 47.4 Å². The largest absolute Gasteiger partial charge is 0.322 e. The monoisotopic (exact) mass is 403 g/mol. The number of nitro groups is 1. The van der Waals surface area contributed by atoms with Crippen LogP contribution in [0.25, 0.3) is 0 Å². The lowest BCUT2D eigenvalue weighted by Gasteiger charge is -2.26. The summed E-state index contributed by atoms with van der Waals surface area (Å²) in [5.41, 5.74) is 0.862. The summed E-state index contributed by atoms with van der Waals surface area (Å²) in [5, 5.41) is 13.5. The van der Waals surface area contributed by atoms with Gasteiger partial charge in [-0.05, 0) is 43.5 Å². The van der Waals surface area contributed by atoms with Gasteiger partial charge >= 0.3 is 0 Å². The Morgan fingerprint density at radius 3 is 2.50 bits per heavy atom. The minimum Gasteiger partial charge on any atom is -0.322 e. The molecule has 1 heterocycles. The number of non-ortho nitro benzene ring substituents is 1. The van der Waals surface area contributed by atoms with E-state index in [1.165, 1.54) is 40.7 Å². The molecule has 28 heavy (non-hydrogen) atoms. The number of piperidine rings is 1. The summed E-state index contributed by atoms with van der Waals surface area (Å²) in [5.74, 6) is -0.532. The third-order valence-electron chi connectivity index (χ3n) is 4.70. The molecule has 1 N–H and O–H groups in total. The normalized spacial score (nSPS) is 15.2. The first-order valence-corrected chi connectivity index (χ1v) is 10.4. The second-order valence-corrected chi connectivity index (χ2v) is 8.61. The molecule has 1 aliphatic heterocycles. The molecule has 3 rings (SSSR count). The Morgan fingerprint density at radius 2 is 1.82 bits per heavy atom. The number of nitrogens with zero attached hydrogens (tertiary/aromatic N) is 2. The van der Waals surface area contributed by atoms with Gasteiger partial charge < -0.3 is 5.32 Å². The molecule has 0 spiro atoms. The molecule has 0 aliphatic carbocycles. The molecular weight excluding hydrogens is 382 g/mol. The summed E-state index contributed by atoms with van der Waals surface area (Å²) in [7, 11) is -3.68. The van der Waals surface area contributed by atoms with Gasteiger partial charge in [0.05, 0.1) is 9.82 Å². The van der Waals surface area contributed by atoms with Crippen molar-refractivity contribution in [3.05, 3.63) is 63.7 Å². The lowest BCUT2D eigenvalue weighted by Crippen LogP contribution is -2.36. The first kappa shape index (κ1) is 20.0. The second-order valence-electron chi connectivity index (χ2n) is 6.71. The Morgan fingerprint density at radius 1 is 1.11 bits per heavy atom. The minimum atomic E-state index is -3.68. The predicted octanol–water partition coefficient (Wildman–Crippen LogP) is 3.33. The van der Waals surface area contributed by atoms with Gasteiger partial charge in [0.1, 0.15) is 0 Å². The van der Waals surface area contributed by atoms with Crippen LogP contribution in [0.3, 0.4) is 0 Å². The fourth-order valence-corrected chi connectivity index (χ4v) is 4.93. The van der Waals surface area contributed by atoms with E-state index in [-0.39, 0.29) is 21.8 Å². The van der Waals surface area contributed by atoms with Crippen LogP contribution < -0.4 is 5.32 Å². The van der Waals surface area contributed by atoms with Gasteiger partial charge in [-0.25, -0.2) is 8.42 Å². The third-order valence-corrected chi connectivity index (χ3v) is 6.74. The lowest BCUT2D eigenvalue weighted by molar-refractivity contribution is -0.384. The minimum absolute atomic E-state index is 0.112. The maximum Gasteiger partial charge on any atom is 0.271 e. The molecule has 1 aliphatic rings. The van der Waals surface area contributed by atoms with E-state index in [4.69, 9.17) is 0 Å². The lowest BCUT2D eigenvalue weighted by atomic mass is 10.1. The fourth-order valence-electron chi connectivity index (χ4n) is 3.16. The van der Waals surface area contributed by atoms with E-state index < -0.39 is 20.9 Å². The number of aryl methyl sites for hydroxylation is 1. The van der Waals surface area contributed by atoms with Gasteiger partial charge in [0.15, 0.2) is 0 Å². The van der Waals surface area contributed by atoms with E-state index in [1.54, 1.807) is 13.0 Å². The molecule has 2 aromatic rings. The molecule has 0 unspecified atom stereocenters. The van der Waals surface area contributed by atoms with Crippen molar-refractivity contribution in [1.29, 1.82) is 0 Å². The summed E-state index contributed by atoms with van der Waals surface area (Å²) in [6.45, 7) is 2.65. The Hall–Kier alpha value is -2.78.